The van der Waals surface area contributed by atoms with Gasteiger partial charge >= 0.3 is 0 Å². The van der Waals surface area contributed by atoms with Crippen LogP contribution in [0.2, 0.25) is 0 Å². The SMILES string of the molecule is CCCC(=O)Nc1ccccc1-c1cc(O)ccc1O. The van der Waals surface area contributed by atoms with Crippen molar-refractivity contribution < 1.29 is 15.0 Å². The lowest BCUT2D eigenvalue weighted by Crippen LogP contribution is -2.11. The minimum absolute atomic E-state index is 0.0555. The largest absolute Gasteiger partial charge is 0.508 e. The lowest BCUT2D eigenvalue weighted by molar-refractivity contribution is -0.116. The summed E-state index contributed by atoms with van der Waals surface area (Å²) < 4.78 is 0. The molecular formula is C16H17NO3. The van der Waals surface area contributed by atoms with E-state index in [0.29, 0.717) is 23.2 Å². The number of anilines is 1. The molecule has 2 aromatic carbocycles. The van der Waals surface area contributed by atoms with Gasteiger partial charge in [-0.25, -0.2) is 0 Å². The summed E-state index contributed by atoms with van der Waals surface area (Å²) in [4.78, 5) is 11.7. The maximum atomic E-state index is 11.7. The molecule has 0 aliphatic heterocycles. The number of rotatable bonds is 4. The standard InChI is InChI=1S/C16H17NO3/c1-2-5-16(20)17-14-7-4-3-6-12(14)13-10-11(18)8-9-15(13)19/h3-4,6-10,18-19H,2,5H2,1H3,(H,17,20). The van der Waals surface area contributed by atoms with Gasteiger partial charge in [0.15, 0.2) is 0 Å². The molecule has 0 atom stereocenters. The Labute approximate surface area is 117 Å². The molecule has 3 N–H and O–H groups in total. The topological polar surface area (TPSA) is 69.6 Å². The Kier molecular flexibility index (Phi) is 4.25. The first-order valence-electron chi connectivity index (χ1n) is 6.53. The van der Waals surface area contributed by atoms with Crippen LogP contribution in [0.25, 0.3) is 11.1 Å². The van der Waals surface area contributed by atoms with Crippen molar-refractivity contribution in [1.29, 1.82) is 0 Å². The van der Waals surface area contributed by atoms with E-state index in [1.54, 1.807) is 12.1 Å². The molecule has 2 rings (SSSR count). The van der Waals surface area contributed by atoms with Gasteiger partial charge in [0.1, 0.15) is 11.5 Å². The first kappa shape index (κ1) is 13.9. The van der Waals surface area contributed by atoms with Crippen LogP contribution in [-0.2, 0) is 4.79 Å². The van der Waals surface area contributed by atoms with E-state index in [1.165, 1.54) is 18.2 Å². The van der Waals surface area contributed by atoms with Crippen LogP contribution in [0.3, 0.4) is 0 Å². The van der Waals surface area contributed by atoms with Crippen LogP contribution in [-0.4, -0.2) is 16.1 Å². The van der Waals surface area contributed by atoms with Gasteiger partial charge in [0.05, 0.1) is 0 Å². The Bertz CT molecular complexity index is 623. The van der Waals surface area contributed by atoms with Crippen molar-refractivity contribution in [2.75, 3.05) is 5.32 Å². The molecule has 0 aliphatic carbocycles. The fourth-order valence-electron chi connectivity index (χ4n) is 2.01. The van der Waals surface area contributed by atoms with E-state index in [-0.39, 0.29) is 17.4 Å². The van der Waals surface area contributed by atoms with Gasteiger partial charge in [-0.05, 0) is 30.7 Å². The zero-order valence-electron chi connectivity index (χ0n) is 11.3. The van der Waals surface area contributed by atoms with Gasteiger partial charge in [0.25, 0.3) is 0 Å². The molecule has 0 saturated carbocycles. The Hall–Kier alpha value is -2.49. The summed E-state index contributed by atoms with van der Waals surface area (Å²) in [7, 11) is 0. The summed E-state index contributed by atoms with van der Waals surface area (Å²) in [6.07, 6.45) is 1.21. The van der Waals surface area contributed by atoms with Crippen LogP contribution >= 0.6 is 0 Å². The van der Waals surface area contributed by atoms with E-state index in [2.05, 4.69) is 5.32 Å². The van der Waals surface area contributed by atoms with Gasteiger partial charge in [-0.15, -0.1) is 0 Å². The molecule has 0 heterocycles. The molecule has 0 spiro atoms. The molecule has 0 saturated heterocycles. The van der Waals surface area contributed by atoms with Crippen molar-refractivity contribution >= 4 is 11.6 Å². The number of hydrogen-bond acceptors (Lipinski definition) is 3. The third-order valence-electron chi connectivity index (χ3n) is 2.95. The monoisotopic (exact) mass is 271 g/mol. The molecule has 20 heavy (non-hydrogen) atoms. The number of benzene rings is 2. The summed E-state index contributed by atoms with van der Waals surface area (Å²) >= 11 is 0. The van der Waals surface area contributed by atoms with Crippen LogP contribution in [0.5, 0.6) is 11.5 Å². The molecule has 4 heteroatoms. The summed E-state index contributed by atoms with van der Waals surface area (Å²) in [5.41, 5.74) is 1.77. The molecule has 0 aliphatic rings. The van der Waals surface area contributed by atoms with Crippen molar-refractivity contribution in [3.8, 4) is 22.6 Å². The van der Waals surface area contributed by atoms with Crippen LogP contribution < -0.4 is 5.32 Å². The number of phenols is 2. The highest BCUT2D eigenvalue weighted by Gasteiger charge is 2.11. The van der Waals surface area contributed by atoms with E-state index in [9.17, 15) is 15.0 Å². The van der Waals surface area contributed by atoms with E-state index in [1.807, 2.05) is 19.1 Å². The molecule has 1 amide bonds. The average molecular weight is 271 g/mol. The average Bonchev–Trinajstić information content (AvgIpc) is 2.42. The van der Waals surface area contributed by atoms with Gasteiger partial charge in [-0.1, -0.05) is 25.1 Å². The third kappa shape index (κ3) is 3.09. The predicted octanol–water partition coefficient (Wildman–Crippen LogP) is 3.50. The number of hydrogen-bond donors (Lipinski definition) is 3. The maximum absolute atomic E-state index is 11.7. The predicted molar refractivity (Wildman–Crippen MR) is 78.7 cm³/mol. The highest BCUT2D eigenvalue weighted by Crippen LogP contribution is 2.36. The number of carbonyl (C=O) groups is 1. The van der Waals surface area contributed by atoms with Crippen molar-refractivity contribution in [3.63, 3.8) is 0 Å². The van der Waals surface area contributed by atoms with Crippen LogP contribution in [0.4, 0.5) is 5.69 Å². The number of amides is 1. The van der Waals surface area contributed by atoms with Crippen molar-refractivity contribution in [1.82, 2.24) is 0 Å². The van der Waals surface area contributed by atoms with E-state index in [0.717, 1.165) is 6.42 Å². The Balaban J connectivity index is 2.41. The zero-order valence-corrected chi connectivity index (χ0v) is 11.3. The molecule has 2 aromatic rings. The number of para-hydroxylation sites is 1. The number of aromatic hydroxyl groups is 2. The minimum Gasteiger partial charge on any atom is -0.508 e. The zero-order chi connectivity index (χ0) is 14.5. The molecule has 0 radical (unpaired) electrons. The summed E-state index contributed by atoms with van der Waals surface area (Å²) in [6, 6.07) is 11.5. The summed E-state index contributed by atoms with van der Waals surface area (Å²) in [5.74, 6) is 0.0482. The second kappa shape index (κ2) is 6.10. The first-order chi connectivity index (χ1) is 9.61. The fraction of sp³-hybridized carbons (Fsp3) is 0.188. The molecule has 4 nitrogen and oxygen atoms in total. The summed E-state index contributed by atoms with van der Waals surface area (Å²) in [6.45, 7) is 1.94. The smallest absolute Gasteiger partial charge is 0.224 e. The van der Waals surface area contributed by atoms with E-state index < -0.39 is 0 Å². The van der Waals surface area contributed by atoms with Gasteiger partial charge < -0.3 is 15.5 Å². The summed E-state index contributed by atoms with van der Waals surface area (Å²) in [5, 5.41) is 22.3. The van der Waals surface area contributed by atoms with Crippen LogP contribution in [0, 0.1) is 0 Å². The molecule has 0 fully saturated rings. The third-order valence-corrected chi connectivity index (χ3v) is 2.95. The Morgan fingerprint density at radius 3 is 2.60 bits per heavy atom. The van der Waals surface area contributed by atoms with Crippen molar-refractivity contribution in [2.24, 2.45) is 0 Å². The molecular weight excluding hydrogens is 254 g/mol. The quantitative estimate of drug-likeness (QED) is 0.745. The first-order valence-corrected chi connectivity index (χ1v) is 6.53. The fourth-order valence-corrected chi connectivity index (χ4v) is 2.01. The normalized spacial score (nSPS) is 10.2. The molecule has 0 unspecified atom stereocenters. The molecule has 0 bridgehead atoms. The van der Waals surface area contributed by atoms with Crippen molar-refractivity contribution in [2.45, 2.75) is 19.8 Å². The highest BCUT2D eigenvalue weighted by molar-refractivity contribution is 5.96. The van der Waals surface area contributed by atoms with Gasteiger partial charge in [-0.3, -0.25) is 4.79 Å². The van der Waals surface area contributed by atoms with Gasteiger partial charge in [-0.2, -0.15) is 0 Å². The minimum atomic E-state index is -0.0698. The van der Waals surface area contributed by atoms with E-state index in [4.69, 9.17) is 0 Å². The highest BCUT2D eigenvalue weighted by atomic mass is 16.3. The second-order valence-corrected chi connectivity index (χ2v) is 4.55. The van der Waals surface area contributed by atoms with E-state index >= 15 is 0 Å². The van der Waals surface area contributed by atoms with Gasteiger partial charge in [0, 0.05) is 23.2 Å². The molecule has 0 aromatic heterocycles. The number of nitrogens with one attached hydrogen (secondary N) is 1. The molecule has 104 valence electrons. The second-order valence-electron chi connectivity index (χ2n) is 4.55. The Morgan fingerprint density at radius 1 is 1.10 bits per heavy atom. The Morgan fingerprint density at radius 2 is 1.85 bits per heavy atom. The van der Waals surface area contributed by atoms with Crippen molar-refractivity contribution in [3.05, 3.63) is 42.5 Å². The van der Waals surface area contributed by atoms with Crippen LogP contribution in [0.1, 0.15) is 19.8 Å². The lowest BCUT2D eigenvalue weighted by atomic mass is 10.0. The maximum Gasteiger partial charge on any atom is 0.224 e. The number of phenolic OH excluding ortho intramolecular Hbond substituents is 2. The van der Waals surface area contributed by atoms with Gasteiger partial charge in [0.2, 0.25) is 5.91 Å². The number of carbonyl (C=O) groups excluding carboxylic acids is 1. The lowest BCUT2D eigenvalue weighted by Gasteiger charge is -2.12. The van der Waals surface area contributed by atoms with Crippen LogP contribution in [0.15, 0.2) is 42.5 Å².